The highest BCUT2D eigenvalue weighted by Crippen LogP contribution is 2.63. The zero-order chi connectivity index (χ0) is 11.8. The normalized spacial score (nSPS) is 26.2. The largest absolute Gasteiger partial charge is 0.469 e. The molecule has 0 unspecified atom stereocenters. The Morgan fingerprint density at radius 2 is 2.00 bits per heavy atom. The molecule has 16 heavy (non-hydrogen) atoms. The quantitative estimate of drug-likeness (QED) is 0.740. The SMILES string of the molecule is COC(=O)C[C@H]1[C@@H](c2ccccc2)C1(F)F. The van der Waals surface area contributed by atoms with E-state index in [1.165, 1.54) is 7.11 Å². The maximum Gasteiger partial charge on any atom is 0.306 e. The van der Waals surface area contributed by atoms with Crippen molar-refractivity contribution in [3.05, 3.63) is 35.9 Å². The van der Waals surface area contributed by atoms with E-state index in [1.807, 2.05) is 0 Å². The van der Waals surface area contributed by atoms with E-state index in [1.54, 1.807) is 30.3 Å². The molecule has 0 bridgehead atoms. The minimum Gasteiger partial charge on any atom is -0.469 e. The molecule has 1 aromatic rings. The number of carbonyl (C=O) groups excluding carboxylic acids is 1. The van der Waals surface area contributed by atoms with E-state index in [9.17, 15) is 13.6 Å². The van der Waals surface area contributed by atoms with Gasteiger partial charge in [0.15, 0.2) is 0 Å². The number of hydrogen-bond donors (Lipinski definition) is 0. The number of carbonyl (C=O) groups is 1. The molecule has 1 aliphatic rings. The lowest BCUT2D eigenvalue weighted by atomic mass is 10.1. The van der Waals surface area contributed by atoms with E-state index >= 15 is 0 Å². The number of hydrogen-bond acceptors (Lipinski definition) is 2. The van der Waals surface area contributed by atoms with E-state index < -0.39 is 23.7 Å². The van der Waals surface area contributed by atoms with Crippen molar-refractivity contribution in [1.82, 2.24) is 0 Å². The summed E-state index contributed by atoms with van der Waals surface area (Å²) in [6.07, 6.45) is -0.219. The van der Waals surface area contributed by atoms with Gasteiger partial charge in [-0.3, -0.25) is 4.79 Å². The number of benzene rings is 1. The predicted octanol–water partition coefficient (Wildman–Crippen LogP) is 2.60. The molecular weight excluding hydrogens is 214 g/mol. The van der Waals surface area contributed by atoms with E-state index in [2.05, 4.69) is 4.74 Å². The molecule has 0 amide bonds. The summed E-state index contributed by atoms with van der Waals surface area (Å²) in [6.45, 7) is 0. The van der Waals surface area contributed by atoms with Gasteiger partial charge in [-0.15, -0.1) is 0 Å². The van der Waals surface area contributed by atoms with Crippen LogP contribution < -0.4 is 0 Å². The molecule has 1 aliphatic carbocycles. The fraction of sp³-hybridized carbons (Fsp3) is 0.417. The molecule has 4 heteroatoms. The number of alkyl halides is 2. The van der Waals surface area contributed by atoms with Gasteiger partial charge in [0.1, 0.15) is 0 Å². The van der Waals surface area contributed by atoms with Crippen LogP contribution in [0.4, 0.5) is 8.78 Å². The summed E-state index contributed by atoms with van der Waals surface area (Å²) < 4.78 is 31.3. The Morgan fingerprint density at radius 3 is 2.56 bits per heavy atom. The molecule has 0 N–H and O–H groups in total. The zero-order valence-electron chi connectivity index (χ0n) is 8.82. The molecular formula is C12H12F2O2. The Morgan fingerprint density at radius 1 is 1.38 bits per heavy atom. The second kappa shape index (κ2) is 3.85. The first-order chi connectivity index (χ1) is 7.57. The minimum absolute atomic E-state index is 0.219. The fourth-order valence-corrected chi connectivity index (χ4v) is 2.02. The van der Waals surface area contributed by atoms with Crippen molar-refractivity contribution in [2.24, 2.45) is 5.92 Å². The monoisotopic (exact) mass is 226 g/mol. The Labute approximate surface area is 92.2 Å². The molecule has 1 aromatic carbocycles. The van der Waals surface area contributed by atoms with Crippen LogP contribution in [-0.2, 0) is 9.53 Å². The molecule has 2 rings (SSSR count). The number of halogens is 2. The van der Waals surface area contributed by atoms with Gasteiger partial charge in [-0.25, -0.2) is 8.78 Å². The molecule has 1 fully saturated rings. The number of esters is 1. The predicted molar refractivity (Wildman–Crippen MR) is 54.3 cm³/mol. The van der Waals surface area contributed by atoms with Crippen LogP contribution in [-0.4, -0.2) is 19.0 Å². The Kier molecular flexibility index (Phi) is 2.66. The van der Waals surface area contributed by atoms with Gasteiger partial charge in [0.05, 0.1) is 19.4 Å². The van der Waals surface area contributed by atoms with Gasteiger partial charge in [-0.1, -0.05) is 30.3 Å². The van der Waals surface area contributed by atoms with Gasteiger partial charge in [0.2, 0.25) is 0 Å². The van der Waals surface area contributed by atoms with E-state index in [4.69, 9.17) is 0 Å². The van der Waals surface area contributed by atoms with Crippen molar-refractivity contribution in [1.29, 1.82) is 0 Å². The molecule has 0 saturated heterocycles. The molecule has 2 nitrogen and oxygen atoms in total. The third-order valence-electron chi connectivity index (χ3n) is 2.98. The molecule has 0 heterocycles. The summed E-state index contributed by atoms with van der Waals surface area (Å²) in [4.78, 5) is 11.0. The van der Waals surface area contributed by atoms with E-state index in [-0.39, 0.29) is 6.42 Å². The van der Waals surface area contributed by atoms with Gasteiger partial charge in [0.25, 0.3) is 5.92 Å². The Hall–Kier alpha value is -1.45. The van der Waals surface area contributed by atoms with Crippen molar-refractivity contribution in [3.63, 3.8) is 0 Å². The lowest BCUT2D eigenvalue weighted by Gasteiger charge is -1.97. The second-order valence-corrected chi connectivity index (χ2v) is 3.95. The first-order valence-electron chi connectivity index (χ1n) is 5.07. The van der Waals surface area contributed by atoms with Crippen molar-refractivity contribution in [2.45, 2.75) is 18.3 Å². The van der Waals surface area contributed by atoms with Crippen molar-refractivity contribution in [2.75, 3.05) is 7.11 Å². The maximum atomic E-state index is 13.4. The fourth-order valence-electron chi connectivity index (χ4n) is 2.02. The van der Waals surface area contributed by atoms with Gasteiger partial charge < -0.3 is 4.74 Å². The molecule has 0 spiro atoms. The molecule has 0 radical (unpaired) electrons. The first-order valence-corrected chi connectivity index (χ1v) is 5.07. The maximum absolute atomic E-state index is 13.4. The molecule has 86 valence electrons. The number of methoxy groups -OCH3 is 1. The van der Waals surface area contributed by atoms with Crippen molar-refractivity contribution >= 4 is 5.97 Å². The van der Waals surface area contributed by atoms with Crippen LogP contribution >= 0.6 is 0 Å². The number of ether oxygens (including phenoxy) is 1. The Bertz CT molecular complexity index is 389. The van der Waals surface area contributed by atoms with Crippen LogP contribution in [0.5, 0.6) is 0 Å². The van der Waals surface area contributed by atoms with Crippen LogP contribution in [0.1, 0.15) is 17.9 Å². The average molecular weight is 226 g/mol. The van der Waals surface area contributed by atoms with E-state index in [0.717, 1.165) is 0 Å². The molecule has 1 saturated carbocycles. The van der Waals surface area contributed by atoms with Crippen LogP contribution in [0.2, 0.25) is 0 Å². The summed E-state index contributed by atoms with van der Waals surface area (Å²) in [5, 5.41) is 0. The summed E-state index contributed by atoms with van der Waals surface area (Å²) in [5.41, 5.74) is 0.585. The van der Waals surface area contributed by atoms with E-state index in [0.29, 0.717) is 5.56 Å². The summed E-state index contributed by atoms with van der Waals surface area (Å²) in [6, 6.07) is 8.54. The molecule has 2 atom stereocenters. The minimum atomic E-state index is -2.78. The topological polar surface area (TPSA) is 26.3 Å². The van der Waals surface area contributed by atoms with Crippen LogP contribution in [0.25, 0.3) is 0 Å². The lowest BCUT2D eigenvalue weighted by Crippen LogP contribution is -2.04. The van der Waals surface area contributed by atoms with Gasteiger partial charge in [0, 0.05) is 5.92 Å². The van der Waals surface area contributed by atoms with Crippen molar-refractivity contribution < 1.29 is 18.3 Å². The summed E-state index contributed by atoms with van der Waals surface area (Å²) in [5.74, 6) is -5.12. The standard InChI is InChI=1S/C12H12F2O2/c1-16-10(15)7-9-11(12(9,13)14)8-5-3-2-4-6-8/h2-6,9,11H,7H2,1H3/t9-,11+/m0/s1. The third kappa shape index (κ3) is 1.79. The summed E-state index contributed by atoms with van der Waals surface area (Å²) >= 11 is 0. The van der Waals surface area contributed by atoms with Crippen LogP contribution in [0.15, 0.2) is 30.3 Å². The highest BCUT2D eigenvalue weighted by atomic mass is 19.3. The highest BCUT2D eigenvalue weighted by molar-refractivity contribution is 5.70. The first kappa shape index (κ1) is 11.0. The van der Waals surface area contributed by atoms with Crippen LogP contribution in [0.3, 0.4) is 0 Å². The van der Waals surface area contributed by atoms with Gasteiger partial charge in [-0.05, 0) is 5.56 Å². The Balaban J connectivity index is 2.11. The molecule has 0 aliphatic heterocycles. The van der Waals surface area contributed by atoms with Gasteiger partial charge >= 0.3 is 5.97 Å². The lowest BCUT2D eigenvalue weighted by molar-refractivity contribution is -0.141. The molecule has 0 aromatic heterocycles. The van der Waals surface area contributed by atoms with Crippen LogP contribution in [0, 0.1) is 5.92 Å². The number of rotatable bonds is 3. The summed E-state index contributed by atoms with van der Waals surface area (Å²) in [7, 11) is 1.21. The second-order valence-electron chi connectivity index (χ2n) is 3.95. The third-order valence-corrected chi connectivity index (χ3v) is 2.98. The smallest absolute Gasteiger partial charge is 0.306 e. The zero-order valence-corrected chi connectivity index (χ0v) is 8.82. The average Bonchev–Trinajstić information content (AvgIpc) is 2.81. The highest BCUT2D eigenvalue weighted by Gasteiger charge is 2.68. The van der Waals surface area contributed by atoms with Gasteiger partial charge in [-0.2, -0.15) is 0 Å². The van der Waals surface area contributed by atoms with Crippen molar-refractivity contribution in [3.8, 4) is 0 Å².